The van der Waals surface area contributed by atoms with Crippen LogP contribution in [-0.2, 0) is 7.67 Å². The van der Waals surface area contributed by atoms with E-state index in [9.17, 15) is 0 Å². The average molecular weight is 181 g/mol. The summed E-state index contributed by atoms with van der Waals surface area (Å²) in [5.74, 6) is 0. The molecule has 0 rings (SSSR count). The smallest absolute Gasteiger partial charge is 0.870 e. The monoisotopic (exact) mass is 182 g/mol. The van der Waals surface area contributed by atoms with Crippen LogP contribution in [0.25, 0.3) is 0 Å². The summed E-state index contributed by atoms with van der Waals surface area (Å²) < 4.78 is 34.4. The van der Waals surface area contributed by atoms with E-state index >= 15 is 0 Å². The third-order valence-electron chi connectivity index (χ3n) is 0. The van der Waals surface area contributed by atoms with E-state index in [1.54, 1.807) is 0 Å². The van der Waals surface area contributed by atoms with Gasteiger partial charge >= 0.3 is 86.0 Å². The van der Waals surface area contributed by atoms with Gasteiger partial charge in [-0.1, -0.05) is 0 Å². The van der Waals surface area contributed by atoms with Gasteiger partial charge in [-0.3, -0.25) is 0 Å². The maximum absolute atomic E-state index is 8.59. The van der Waals surface area contributed by atoms with Crippen molar-refractivity contribution in [3.05, 3.63) is 0 Å². The number of hydrogen-bond acceptors (Lipinski definition) is 5. The van der Waals surface area contributed by atoms with Crippen LogP contribution in [0.4, 0.5) is 0 Å². The van der Waals surface area contributed by atoms with E-state index < -0.39 is 13.4 Å². The Kier molecular flexibility index (Phi) is 42.7. The molecule has 9 heteroatoms. The minimum absolute atomic E-state index is 0. The third kappa shape index (κ3) is 185. The van der Waals surface area contributed by atoms with Crippen molar-refractivity contribution in [2.24, 2.45) is 0 Å². The zero-order valence-electron chi connectivity index (χ0n) is 5.49. The second kappa shape index (κ2) is 12.5. The second-order valence-corrected chi connectivity index (χ2v) is 2.12. The van der Waals surface area contributed by atoms with Crippen molar-refractivity contribution in [1.82, 2.24) is 0 Å². The topological polar surface area (TPSA) is 110 Å². The Labute approximate surface area is 90.7 Å². The SMILES string of the molecule is O=[Se](=O)([O-])[O-].[Li+].[Li+].[Li+].[OH-]. The number of rotatable bonds is 0. The Balaban J connectivity index is -0.0000000133. The molecule has 0 bridgehead atoms. The largest absolute Gasteiger partial charge is 1.00 e. The Morgan fingerprint density at radius 3 is 0.889 bits per heavy atom. The predicted octanol–water partition coefficient (Wildman–Crippen LogP) is -12.2. The zero-order chi connectivity index (χ0) is 4.50. The van der Waals surface area contributed by atoms with Crippen LogP contribution in [0, 0.1) is 0 Å². The normalized spacial score (nSPS) is 6.44. The molecule has 1 N–H and O–H groups in total. The molecule has 0 aromatic rings. The molecule has 0 amide bonds. The van der Waals surface area contributed by atoms with Crippen molar-refractivity contribution in [1.29, 1.82) is 0 Å². The zero-order valence-corrected chi connectivity index (χ0v) is 7.20. The first-order valence-electron chi connectivity index (χ1n) is 0.667. The summed E-state index contributed by atoms with van der Waals surface area (Å²) in [5.41, 5.74) is 0. The molecule has 0 aromatic heterocycles. The fourth-order valence-electron chi connectivity index (χ4n) is 0. The van der Waals surface area contributed by atoms with Crippen LogP contribution in [0.5, 0.6) is 0 Å². The summed E-state index contributed by atoms with van der Waals surface area (Å²) in [6.45, 7) is 0. The standard InChI is InChI=1S/3Li.H2O4Se.H2O/c;;;1-5(2,3)4;/h;;;(H2,1,2,3,4);1H2/q3*+1;;/p-3. The Bertz CT molecular complexity index is 95.4. The fraction of sp³-hybridized carbons (Fsp3) is 0. The first-order valence-corrected chi connectivity index (χ1v) is 3.46. The second-order valence-electron chi connectivity index (χ2n) is 0.408. The molecule has 0 spiro atoms. The van der Waals surface area contributed by atoms with E-state index in [4.69, 9.17) is 16.0 Å². The minimum Gasteiger partial charge on any atom is -0.870 e. The minimum atomic E-state index is -5.75. The van der Waals surface area contributed by atoms with Crippen molar-refractivity contribution in [3.8, 4) is 0 Å². The van der Waals surface area contributed by atoms with Gasteiger partial charge in [0, 0.05) is 0 Å². The van der Waals surface area contributed by atoms with Gasteiger partial charge in [0.25, 0.3) is 0 Å². The van der Waals surface area contributed by atoms with Crippen molar-refractivity contribution in [2.45, 2.75) is 0 Å². The van der Waals surface area contributed by atoms with Crippen LogP contribution >= 0.6 is 0 Å². The Morgan fingerprint density at radius 2 is 0.889 bits per heavy atom. The first-order chi connectivity index (χ1) is 2.00. The molecule has 0 aromatic carbocycles. The molecule has 0 radical (unpaired) electrons. The summed E-state index contributed by atoms with van der Waals surface area (Å²) in [5, 5.41) is 0. The van der Waals surface area contributed by atoms with Crippen LogP contribution in [0.15, 0.2) is 0 Å². The van der Waals surface area contributed by atoms with Gasteiger partial charge in [0.2, 0.25) is 0 Å². The van der Waals surface area contributed by atoms with Gasteiger partial charge in [-0.25, -0.2) is 0 Å². The van der Waals surface area contributed by atoms with Crippen molar-refractivity contribution >= 4 is 13.4 Å². The molecule has 0 saturated carbocycles. The van der Waals surface area contributed by atoms with Gasteiger partial charge in [0.15, 0.2) is 0 Å². The molecule has 40 valence electrons. The molecular weight excluding hydrogens is 180 g/mol. The first kappa shape index (κ1) is 30.8. The summed E-state index contributed by atoms with van der Waals surface area (Å²) in [6.07, 6.45) is 0. The molecule has 5 nitrogen and oxygen atoms in total. The van der Waals surface area contributed by atoms with E-state index in [0.717, 1.165) is 0 Å². The van der Waals surface area contributed by atoms with Crippen molar-refractivity contribution in [2.75, 3.05) is 0 Å². The van der Waals surface area contributed by atoms with Crippen LogP contribution in [0.2, 0.25) is 0 Å². The molecule has 9 heavy (non-hydrogen) atoms. The van der Waals surface area contributed by atoms with Gasteiger partial charge < -0.3 is 5.48 Å². The summed E-state index contributed by atoms with van der Waals surface area (Å²) in [7, 11) is 0. The van der Waals surface area contributed by atoms with Gasteiger partial charge in [-0.15, -0.1) is 0 Å². The van der Waals surface area contributed by atoms with Crippen molar-refractivity contribution in [3.63, 3.8) is 0 Å². The molecule has 0 saturated heterocycles. The Morgan fingerprint density at radius 1 is 0.889 bits per heavy atom. The fourth-order valence-corrected chi connectivity index (χ4v) is 0. The molecule has 0 aliphatic rings. The van der Waals surface area contributed by atoms with Crippen LogP contribution in [0.3, 0.4) is 0 Å². The third-order valence-corrected chi connectivity index (χ3v) is 0. The van der Waals surface area contributed by atoms with Crippen LogP contribution < -0.4 is 65.0 Å². The quantitative estimate of drug-likeness (QED) is 0.344. The molecular formula is HLi3O5Se. The maximum Gasteiger partial charge on any atom is 1.00 e. The summed E-state index contributed by atoms with van der Waals surface area (Å²) in [4.78, 5) is 0. The molecule has 0 aliphatic heterocycles. The van der Waals surface area contributed by atoms with Crippen LogP contribution in [-0.4, -0.2) is 18.8 Å². The van der Waals surface area contributed by atoms with Gasteiger partial charge in [-0.05, 0) is 0 Å². The van der Waals surface area contributed by atoms with Crippen LogP contribution in [0.1, 0.15) is 0 Å². The molecule has 0 atom stereocenters. The van der Waals surface area contributed by atoms with Crippen molar-refractivity contribution < 1.29 is 78.1 Å². The number of hydrogen-bond donors (Lipinski definition) is 0. The molecule has 0 fully saturated rings. The van der Waals surface area contributed by atoms with E-state index in [-0.39, 0.29) is 62.1 Å². The van der Waals surface area contributed by atoms with E-state index in [1.165, 1.54) is 0 Å². The molecule has 0 aliphatic carbocycles. The van der Waals surface area contributed by atoms with E-state index in [0.29, 0.717) is 0 Å². The van der Waals surface area contributed by atoms with E-state index in [1.807, 2.05) is 0 Å². The molecule has 0 heterocycles. The summed E-state index contributed by atoms with van der Waals surface area (Å²) >= 11 is -5.75. The average Bonchev–Trinajstić information content (AvgIpc) is 0.722. The molecule has 0 unspecified atom stereocenters. The summed E-state index contributed by atoms with van der Waals surface area (Å²) in [6, 6.07) is 0. The predicted molar refractivity (Wildman–Crippen MR) is 9.06 cm³/mol. The van der Waals surface area contributed by atoms with Gasteiger partial charge in [0.1, 0.15) is 0 Å². The van der Waals surface area contributed by atoms with E-state index in [2.05, 4.69) is 0 Å². The van der Waals surface area contributed by atoms with Gasteiger partial charge in [0.05, 0.1) is 0 Å². The Hall–Kier alpha value is 1.79. The maximum atomic E-state index is 8.59. The van der Waals surface area contributed by atoms with Gasteiger partial charge in [-0.2, -0.15) is 0 Å².